The second-order valence-corrected chi connectivity index (χ2v) is 4.99. The van der Waals surface area contributed by atoms with E-state index in [1.54, 1.807) is 0 Å². The molecule has 0 aliphatic rings. The molecule has 3 aromatic rings. The SMILES string of the molecule is COC(=O)c1cc(Br)ncc1-c1nc2cc(F)ccc2o1. The van der Waals surface area contributed by atoms with Crippen molar-refractivity contribution in [3.63, 3.8) is 0 Å². The van der Waals surface area contributed by atoms with Crippen LogP contribution in [0.25, 0.3) is 22.6 Å². The molecule has 0 fully saturated rings. The molecule has 21 heavy (non-hydrogen) atoms. The van der Waals surface area contributed by atoms with Crippen molar-refractivity contribution in [1.29, 1.82) is 0 Å². The van der Waals surface area contributed by atoms with Crippen LogP contribution in [0.2, 0.25) is 0 Å². The fraction of sp³-hybridized carbons (Fsp3) is 0.0714. The molecule has 2 heterocycles. The minimum absolute atomic E-state index is 0.177. The zero-order valence-electron chi connectivity index (χ0n) is 10.8. The van der Waals surface area contributed by atoms with Crippen molar-refractivity contribution in [2.75, 3.05) is 7.11 Å². The number of aromatic nitrogens is 2. The van der Waals surface area contributed by atoms with Crippen LogP contribution in [-0.2, 0) is 4.74 Å². The Morgan fingerprint density at radius 1 is 1.38 bits per heavy atom. The van der Waals surface area contributed by atoms with Crippen LogP contribution in [0, 0.1) is 5.82 Å². The van der Waals surface area contributed by atoms with Gasteiger partial charge in [-0.3, -0.25) is 0 Å². The van der Waals surface area contributed by atoms with Gasteiger partial charge in [-0.2, -0.15) is 0 Å². The number of ether oxygens (including phenoxy) is 1. The van der Waals surface area contributed by atoms with Gasteiger partial charge in [-0.15, -0.1) is 0 Å². The third kappa shape index (κ3) is 2.52. The zero-order chi connectivity index (χ0) is 15.0. The van der Waals surface area contributed by atoms with Gasteiger partial charge < -0.3 is 9.15 Å². The summed E-state index contributed by atoms with van der Waals surface area (Å²) >= 11 is 3.19. The largest absolute Gasteiger partial charge is 0.465 e. The van der Waals surface area contributed by atoms with Crippen molar-refractivity contribution >= 4 is 33.0 Å². The molecule has 0 radical (unpaired) electrons. The van der Waals surface area contributed by atoms with Gasteiger partial charge in [0.25, 0.3) is 0 Å². The van der Waals surface area contributed by atoms with Gasteiger partial charge in [0.2, 0.25) is 5.89 Å². The molecule has 0 bridgehead atoms. The number of fused-ring (bicyclic) bond motifs is 1. The van der Waals surface area contributed by atoms with Crippen molar-refractivity contribution in [2.24, 2.45) is 0 Å². The minimum Gasteiger partial charge on any atom is -0.465 e. The lowest BCUT2D eigenvalue weighted by molar-refractivity contribution is 0.0601. The highest BCUT2D eigenvalue weighted by Gasteiger charge is 2.19. The maximum absolute atomic E-state index is 13.2. The van der Waals surface area contributed by atoms with E-state index in [4.69, 9.17) is 9.15 Å². The maximum Gasteiger partial charge on any atom is 0.338 e. The fourth-order valence-corrected chi connectivity index (χ4v) is 2.23. The second kappa shape index (κ2) is 5.25. The lowest BCUT2D eigenvalue weighted by Crippen LogP contribution is -2.04. The van der Waals surface area contributed by atoms with Crippen LogP contribution in [0.1, 0.15) is 10.4 Å². The number of carbonyl (C=O) groups excluding carboxylic acids is 1. The molecular weight excluding hydrogens is 343 g/mol. The number of carbonyl (C=O) groups is 1. The molecule has 1 aromatic carbocycles. The molecule has 2 aromatic heterocycles. The smallest absolute Gasteiger partial charge is 0.338 e. The Bertz CT molecular complexity index is 847. The number of esters is 1. The first-order valence-corrected chi connectivity index (χ1v) is 6.68. The standard InChI is InChI=1S/C14H8BrFN2O3/c1-20-14(19)8-5-12(15)17-6-9(8)13-18-10-4-7(16)2-3-11(10)21-13/h2-6H,1H3. The van der Waals surface area contributed by atoms with E-state index in [1.807, 2.05) is 0 Å². The quantitative estimate of drug-likeness (QED) is 0.522. The van der Waals surface area contributed by atoms with Crippen LogP contribution in [0.3, 0.4) is 0 Å². The van der Waals surface area contributed by atoms with E-state index in [2.05, 4.69) is 25.9 Å². The Hall–Kier alpha value is -2.28. The first-order chi connectivity index (χ1) is 10.1. The lowest BCUT2D eigenvalue weighted by atomic mass is 10.1. The van der Waals surface area contributed by atoms with Crippen molar-refractivity contribution < 1.29 is 18.3 Å². The summed E-state index contributed by atoms with van der Waals surface area (Å²) < 4.78 is 23.9. The normalized spacial score (nSPS) is 10.8. The molecule has 3 rings (SSSR count). The lowest BCUT2D eigenvalue weighted by Gasteiger charge is -2.04. The van der Waals surface area contributed by atoms with E-state index in [0.29, 0.717) is 21.3 Å². The number of oxazole rings is 1. The highest BCUT2D eigenvalue weighted by Crippen LogP contribution is 2.28. The van der Waals surface area contributed by atoms with Crippen LogP contribution >= 0.6 is 15.9 Å². The molecule has 7 heteroatoms. The molecule has 106 valence electrons. The van der Waals surface area contributed by atoms with Crippen LogP contribution in [0.15, 0.2) is 39.5 Å². The summed E-state index contributed by atoms with van der Waals surface area (Å²) in [5.74, 6) is -0.776. The monoisotopic (exact) mass is 350 g/mol. The van der Waals surface area contributed by atoms with Gasteiger partial charge in [0.05, 0.1) is 18.2 Å². The number of benzene rings is 1. The average molecular weight is 351 g/mol. The second-order valence-electron chi connectivity index (χ2n) is 4.18. The third-order valence-corrected chi connectivity index (χ3v) is 3.29. The van der Waals surface area contributed by atoms with E-state index in [1.165, 1.54) is 37.6 Å². The third-order valence-electron chi connectivity index (χ3n) is 2.86. The maximum atomic E-state index is 13.2. The van der Waals surface area contributed by atoms with Gasteiger partial charge in [-0.25, -0.2) is 19.2 Å². The minimum atomic E-state index is -0.540. The van der Waals surface area contributed by atoms with Crippen LogP contribution in [0.4, 0.5) is 4.39 Å². The number of rotatable bonds is 2. The van der Waals surface area contributed by atoms with Gasteiger partial charge >= 0.3 is 5.97 Å². The summed E-state index contributed by atoms with van der Waals surface area (Å²) in [6, 6.07) is 5.52. The molecule has 0 aliphatic heterocycles. The van der Waals surface area contributed by atoms with Crippen LogP contribution in [-0.4, -0.2) is 23.0 Å². The van der Waals surface area contributed by atoms with Crippen molar-refractivity contribution in [3.05, 3.63) is 46.4 Å². The van der Waals surface area contributed by atoms with E-state index in [0.717, 1.165) is 0 Å². The summed E-state index contributed by atoms with van der Waals surface area (Å²) in [6.07, 6.45) is 1.44. The van der Waals surface area contributed by atoms with Crippen molar-refractivity contribution in [1.82, 2.24) is 9.97 Å². The molecule has 0 aliphatic carbocycles. The topological polar surface area (TPSA) is 65.2 Å². The van der Waals surface area contributed by atoms with Gasteiger partial charge in [0.15, 0.2) is 5.58 Å². The van der Waals surface area contributed by atoms with Crippen LogP contribution < -0.4 is 0 Å². The molecule has 0 spiro atoms. The molecular formula is C14H8BrFN2O3. The fourth-order valence-electron chi connectivity index (χ4n) is 1.89. The number of pyridine rings is 1. The van der Waals surface area contributed by atoms with E-state index >= 15 is 0 Å². The summed E-state index contributed by atoms with van der Waals surface area (Å²) in [7, 11) is 1.28. The number of hydrogen-bond acceptors (Lipinski definition) is 5. The number of hydrogen-bond donors (Lipinski definition) is 0. The Balaban J connectivity index is 2.20. The zero-order valence-corrected chi connectivity index (χ0v) is 12.3. The molecule has 0 saturated heterocycles. The molecule has 0 amide bonds. The van der Waals surface area contributed by atoms with Gasteiger partial charge in [0, 0.05) is 12.3 Å². The Morgan fingerprint density at radius 3 is 2.95 bits per heavy atom. The predicted molar refractivity (Wildman–Crippen MR) is 76.2 cm³/mol. The molecule has 5 nitrogen and oxygen atoms in total. The van der Waals surface area contributed by atoms with Crippen molar-refractivity contribution in [3.8, 4) is 11.5 Å². The summed E-state index contributed by atoms with van der Waals surface area (Å²) in [5.41, 5.74) is 1.42. The number of methoxy groups -OCH3 is 1. The van der Waals surface area contributed by atoms with Gasteiger partial charge in [-0.05, 0) is 34.1 Å². The first kappa shape index (κ1) is 13.7. The highest BCUT2D eigenvalue weighted by molar-refractivity contribution is 9.10. The van der Waals surface area contributed by atoms with E-state index in [-0.39, 0.29) is 11.5 Å². The van der Waals surface area contributed by atoms with E-state index < -0.39 is 11.8 Å². The predicted octanol–water partition coefficient (Wildman–Crippen LogP) is 3.58. The summed E-state index contributed by atoms with van der Waals surface area (Å²) in [6.45, 7) is 0. The first-order valence-electron chi connectivity index (χ1n) is 5.89. The van der Waals surface area contributed by atoms with Crippen LogP contribution in [0.5, 0.6) is 0 Å². The molecule has 0 N–H and O–H groups in total. The molecule has 0 atom stereocenters. The van der Waals surface area contributed by atoms with Gasteiger partial charge in [0.1, 0.15) is 15.9 Å². The Labute approximate surface area is 126 Å². The highest BCUT2D eigenvalue weighted by atomic mass is 79.9. The van der Waals surface area contributed by atoms with E-state index in [9.17, 15) is 9.18 Å². The van der Waals surface area contributed by atoms with Crippen molar-refractivity contribution in [2.45, 2.75) is 0 Å². The summed E-state index contributed by atoms with van der Waals surface area (Å²) in [4.78, 5) is 20.1. The Morgan fingerprint density at radius 2 is 2.19 bits per heavy atom. The molecule has 0 unspecified atom stereocenters. The summed E-state index contributed by atoms with van der Waals surface area (Å²) in [5, 5.41) is 0. The Kier molecular flexibility index (Phi) is 3.42. The number of nitrogens with zero attached hydrogens (tertiary/aromatic N) is 2. The molecule has 0 saturated carbocycles. The van der Waals surface area contributed by atoms with Gasteiger partial charge in [-0.1, -0.05) is 0 Å². The average Bonchev–Trinajstić information content (AvgIpc) is 2.89. The number of halogens is 2.